The van der Waals surface area contributed by atoms with Gasteiger partial charge in [0.2, 0.25) is 0 Å². The first kappa shape index (κ1) is 16.2. The number of carboxylic acid groups (broad SMARTS) is 1. The third-order valence-electron chi connectivity index (χ3n) is 2.67. The molecule has 0 aliphatic rings. The van der Waals surface area contributed by atoms with E-state index >= 15 is 0 Å². The Labute approximate surface area is 106 Å². The van der Waals surface area contributed by atoms with E-state index in [-0.39, 0.29) is 13.1 Å². The van der Waals surface area contributed by atoms with Crippen molar-refractivity contribution < 1.29 is 24.2 Å². The Kier molecular flexibility index (Phi) is 5.61. The number of carbonyl (C=O) groups is 3. The lowest BCUT2D eigenvalue weighted by molar-refractivity contribution is -0.147. The summed E-state index contributed by atoms with van der Waals surface area (Å²) in [6.07, 6.45) is 0. The molecule has 0 radical (unpaired) electrons. The minimum absolute atomic E-state index is 0.221. The number of urea groups is 1. The van der Waals surface area contributed by atoms with Crippen molar-refractivity contribution in [2.24, 2.45) is 0 Å². The Morgan fingerprint density at radius 1 is 1.28 bits per heavy atom. The zero-order valence-electron chi connectivity index (χ0n) is 11.4. The van der Waals surface area contributed by atoms with E-state index in [0.29, 0.717) is 0 Å². The fourth-order valence-electron chi connectivity index (χ4n) is 1.42. The maximum absolute atomic E-state index is 12.1. The predicted octanol–water partition coefficient (Wildman–Crippen LogP) is 0.396. The Morgan fingerprint density at radius 2 is 1.78 bits per heavy atom. The molecule has 104 valence electrons. The fraction of sp³-hybridized carbons (Fsp3) is 0.727. The number of hydrogen-bond donors (Lipinski definition) is 1. The summed E-state index contributed by atoms with van der Waals surface area (Å²) in [5.74, 6) is -1.67. The van der Waals surface area contributed by atoms with Crippen LogP contribution in [0.4, 0.5) is 4.79 Å². The van der Waals surface area contributed by atoms with E-state index in [1.807, 2.05) is 0 Å². The van der Waals surface area contributed by atoms with Crippen molar-refractivity contribution >= 4 is 18.0 Å². The third kappa shape index (κ3) is 3.61. The van der Waals surface area contributed by atoms with Crippen molar-refractivity contribution in [2.75, 3.05) is 27.2 Å². The molecule has 0 heterocycles. The summed E-state index contributed by atoms with van der Waals surface area (Å²) in [5.41, 5.74) is -1.34. The molecular formula is C11H20N2O5. The van der Waals surface area contributed by atoms with Gasteiger partial charge in [-0.3, -0.25) is 4.79 Å². The number of carbonyl (C=O) groups excluding carboxylic acids is 2. The molecule has 0 fully saturated rings. The molecule has 0 aliphatic carbocycles. The monoisotopic (exact) mass is 260 g/mol. The van der Waals surface area contributed by atoms with Gasteiger partial charge in [-0.2, -0.15) is 0 Å². The maximum atomic E-state index is 12.1. The fourth-order valence-corrected chi connectivity index (χ4v) is 1.42. The van der Waals surface area contributed by atoms with E-state index in [0.717, 1.165) is 4.90 Å². The summed E-state index contributed by atoms with van der Waals surface area (Å²) >= 11 is 0. The molecule has 1 N–H and O–H groups in total. The van der Waals surface area contributed by atoms with E-state index in [2.05, 4.69) is 4.74 Å². The van der Waals surface area contributed by atoms with E-state index in [1.54, 1.807) is 6.92 Å². The quantitative estimate of drug-likeness (QED) is 0.723. The van der Waals surface area contributed by atoms with Crippen molar-refractivity contribution in [1.29, 1.82) is 0 Å². The van der Waals surface area contributed by atoms with Crippen molar-refractivity contribution in [1.82, 2.24) is 9.80 Å². The molecule has 0 aromatic carbocycles. The minimum Gasteiger partial charge on any atom is -0.480 e. The maximum Gasteiger partial charge on any atom is 0.329 e. The molecule has 0 rings (SSSR count). The number of rotatable bonds is 5. The van der Waals surface area contributed by atoms with Crippen molar-refractivity contribution in [3.05, 3.63) is 0 Å². The van der Waals surface area contributed by atoms with Gasteiger partial charge in [0.25, 0.3) is 0 Å². The van der Waals surface area contributed by atoms with Gasteiger partial charge in [-0.05, 0) is 20.8 Å². The number of likely N-dealkylation sites (N-methyl/N-ethyl adjacent to an activating group) is 2. The van der Waals surface area contributed by atoms with E-state index < -0.39 is 23.5 Å². The number of esters is 1. The zero-order valence-corrected chi connectivity index (χ0v) is 11.4. The summed E-state index contributed by atoms with van der Waals surface area (Å²) in [6.45, 7) is 4.55. The van der Waals surface area contributed by atoms with Crippen molar-refractivity contribution in [2.45, 2.75) is 26.3 Å². The standard InChI is InChI=1S/C11H20N2O5/c1-6-13(11(2,3)9(15)16)10(17)12(4)7-8(14)18-5/h6-7H2,1-5H3,(H,15,16). The van der Waals surface area contributed by atoms with Crippen molar-refractivity contribution in [3.63, 3.8) is 0 Å². The summed E-state index contributed by atoms with van der Waals surface area (Å²) in [4.78, 5) is 36.6. The van der Waals surface area contributed by atoms with Crippen LogP contribution in [0, 0.1) is 0 Å². The summed E-state index contributed by atoms with van der Waals surface area (Å²) in [7, 11) is 2.64. The summed E-state index contributed by atoms with van der Waals surface area (Å²) in [6, 6.07) is -0.532. The lowest BCUT2D eigenvalue weighted by Crippen LogP contribution is -2.56. The van der Waals surface area contributed by atoms with Gasteiger partial charge in [0.15, 0.2) is 0 Å². The number of ether oxygens (including phenoxy) is 1. The van der Waals surface area contributed by atoms with Crippen LogP contribution in [0.1, 0.15) is 20.8 Å². The Bertz CT molecular complexity index is 340. The lowest BCUT2D eigenvalue weighted by Gasteiger charge is -2.36. The average molecular weight is 260 g/mol. The van der Waals surface area contributed by atoms with Crippen LogP contribution in [-0.4, -0.2) is 65.7 Å². The summed E-state index contributed by atoms with van der Waals surface area (Å²) < 4.78 is 4.45. The van der Waals surface area contributed by atoms with Gasteiger partial charge in [0, 0.05) is 13.6 Å². The molecule has 0 atom stereocenters. The number of amides is 2. The molecule has 0 saturated carbocycles. The van der Waals surface area contributed by atoms with Crippen LogP contribution in [0.2, 0.25) is 0 Å². The molecule has 0 spiro atoms. The highest BCUT2D eigenvalue weighted by Crippen LogP contribution is 2.16. The van der Waals surface area contributed by atoms with Gasteiger partial charge in [0.1, 0.15) is 12.1 Å². The van der Waals surface area contributed by atoms with Crippen LogP contribution in [0.25, 0.3) is 0 Å². The number of hydrogen-bond acceptors (Lipinski definition) is 4. The molecule has 2 amide bonds. The molecule has 0 aromatic heterocycles. The molecule has 0 saturated heterocycles. The van der Waals surface area contributed by atoms with Gasteiger partial charge in [0.05, 0.1) is 7.11 Å². The second kappa shape index (κ2) is 6.23. The van der Waals surface area contributed by atoms with Crippen LogP contribution in [0.5, 0.6) is 0 Å². The second-order valence-corrected chi connectivity index (χ2v) is 4.32. The molecule has 0 unspecified atom stereocenters. The van der Waals surface area contributed by atoms with Crippen LogP contribution in [0.3, 0.4) is 0 Å². The first-order chi connectivity index (χ1) is 8.18. The zero-order chi connectivity index (χ0) is 14.5. The topological polar surface area (TPSA) is 87.2 Å². The second-order valence-electron chi connectivity index (χ2n) is 4.32. The molecular weight excluding hydrogens is 240 g/mol. The number of carboxylic acids is 1. The van der Waals surface area contributed by atoms with E-state index in [1.165, 1.54) is 32.9 Å². The number of aliphatic carboxylic acids is 1. The van der Waals surface area contributed by atoms with Crippen LogP contribution >= 0.6 is 0 Å². The number of nitrogens with zero attached hydrogens (tertiary/aromatic N) is 2. The largest absolute Gasteiger partial charge is 0.480 e. The van der Waals surface area contributed by atoms with Gasteiger partial charge in [-0.15, -0.1) is 0 Å². The van der Waals surface area contributed by atoms with E-state index in [4.69, 9.17) is 5.11 Å². The first-order valence-electron chi connectivity index (χ1n) is 5.51. The van der Waals surface area contributed by atoms with Gasteiger partial charge in [-0.25, -0.2) is 9.59 Å². The Hall–Kier alpha value is -1.79. The predicted molar refractivity (Wildman–Crippen MR) is 64.1 cm³/mol. The van der Waals surface area contributed by atoms with Gasteiger partial charge < -0.3 is 19.6 Å². The van der Waals surface area contributed by atoms with E-state index in [9.17, 15) is 14.4 Å². The number of methoxy groups -OCH3 is 1. The average Bonchev–Trinajstić information content (AvgIpc) is 2.28. The molecule has 7 nitrogen and oxygen atoms in total. The molecule has 0 aliphatic heterocycles. The highest BCUT2D eigenvalue weighted by Gasteiger charge is 2.38. The van der Waals surface area contributed by atoms with Crippen molar-refractivity contribution in [3.8, 4) is 0 Å². The van der Waals surface area contributed by atoms with Crippen LogP contribution < -0.4 is 0 Å². The highest BCUT2D eigenvalue weighted by atomic mass is 16.5. The van der Waals surface area contributed by atoms with Crippen LogP contribution in [-0.2, 0) is 14.3 Å². The Morgan fingerprint density at radius 3 is 2.11 bits per heavy atom. The third-order valence-corrected chi connectivity index (χ3v) is 2.67. The first-order valence-corrected chi connectivity index (χ1v) is 5.51. The minimum atomic E-state index is -1.34. The van der Waals surface area contributed by atoms with Gasteiger partial charge in [-0.1, -0.05) is 0 Å². The molecule has 0 aromatic rings. The molecule has 7 heteroatoms. The smallest absolute Gasteiger partial charge is 0.329 e. The normalized spacial score (nSPS) is 10.7. The SMILES string of the molecule is CCN(C(=O)N(C)CC(=O)OC)C(C)(C)C(=O)O. The molecule has 0 bridgehead atoms. The van der Waals surface area contributed by atoms with Crippen LogP contribution in [0.15, 0.2) is 0 Å². The Balaban J connectivity index is 4.92. The summed E-state index contributed by atoms with van der Waals surface area (Å²) in [5, 5.41) is 9.10. The molecule has 18 heavy (non-hydrogen) atoms. The lowest BCUT2D eigenvalue weighted by atomic mass is 10.0. The van der Waals surface area contributed by atoms with Gasteiger partial charge >= 0.3 is 18.0 Å². The highest BCUT2D eigenvalue weighted by molar-refractivity contribution is 5.87.